The number of hydrogen-bond acceptors (Lipinski definition) is 5. The maximum Gasteiger partial charge on any atom is 0.328 e. The minimum absolute atomic E-state index is 0.0000241. The normalized spacial score (nSPS) is 13.7. The summed E-state index contributed by atoms with van der Waals surface area (Å²) < 4.78 is 32.9. The second-order valence-electron chi connectivity index (χ2n) is 8.35. The number of carbonyl (C=O) groups is 2. The fourth-order valence-corrected chi connectivity index (χ4v) is 5.11. The van der Waals surface area contributed by atoms with Crippen molar-refractivity contribution in [2.75, 3.05) is 6.61 Å². The summed E-state index contributed by atoms with van der Waals surface area (Å²) in [5.74, 6) is -0.838. The third-order valence-electron chi connectivity index (χ3n) is 5.21. The fourth-order valence-electron chi connectivity index (χ4n) is 2.30. The molecule has 0 heterocycles. The smallest absolute Gasteiger partial charge is 0.328 e. The number of rotatable bonds is 8. The Kier molecular flexibility index (Phi) is 7.55. The largest absolute Gasteiger partial charge is 0.465 e. The molecule has 0 amide bonds. The number of ether oxygens (including phenoxy) is 1. The molecule has 0 unspecified atom stereocenters. The number of esters is 1. The van der Waals surface area contributed by atoms with Gasteiger partial charge in [0.2, 0.25) is 10.0 Å². The Balaban J connectivity index is 3.30. The third-order valence-corrected chi connectivity index (χ3v) is 11.9. The zero-order valence-corrected chi connectivity index (χ0v) is 19.6. The van der Waals surface area contributed by atoms with Gasteiger partial charge in [0.05, 0.1) is 11.5 Å². The van der Waals surface area contributed by atoms with Crippen molar-refractivity contribution < 1.29 is 22.7 Å². The molecule has 0 saturated carbocycles. The quantitative estimate of drug-likeness (QED) is 0.392. The molecule has 0 aliphatic rings. The van der Waals surface area contributed by atoms with Gasteiger partial charge in [-0.2, -0.15) is 4.72 Å². The third kappa shape index (κ3) is 5.39. The van der Waals surface area contributed by atoms with Crippen LogP contribution in [-0.4, -0.2) is 40.5 Å². The molecule has 0 radical (unpaired) electrons. The van der Waals surface area contributed by atoms with E-state index in [1.807, 2.05) is 40.8 Å². The van der Waals surface area contributed by atoms with Crippen molar-refractivity contribution in [2.24, 2.45) is 0 Å². The van der Waals surface area contributed by atoms with E-state index in [1.54, 1.807) is 19.1 Å². The van der Waals surface area contributed by atoms with Crippen molar-refractivity contribution in [2.45, 2.75) is 63.7 Å². The Morgan fingerprint density at radius 1 is 1.18 bits per heavy atom. The second kappa shape index (κ2) is 8.71. The van der Waals surface area contributed by atoms with Crippen molar-refractivity contribution in [3.63, 3.8) is 0 Å². The van der Waals surface area contributed by atoms with Crippen LogP contribution in [0.15, 0.2) is 41.3 Å². The molecule has 1 N–H and O–H groups in total. The Hall–Kier alpha value is -1.77. The van der Waals surface area contributed by atoms with E-state index in [0.29, 0.717) is 0 Å². The first kappa shape index (κ1) is 24.3. The van der Waals surface area contributed by atoms with E-state index in [1.165, 1.54) is 12.1 Å². The monoisotopic (exact) mass is 425 g/mol. The Morgan fingerprint density at radius 3 is 2.11 bits per heavy atom. The first-order valence-electron chi connectivity index (χ1n) is 9.14. The molecule has 0 saturated heterocycles. The standard InChI is InChI=1S/C20H31NO5SSi/c1-9-26-18(22)17(15(3)19(23)28(7,8)20(4,5)6)21-27(24,25)16-12-10-14(2)11-13-16/h10-13,17,21H,3,9H2,1-2,4-8H3/t17-/m0/s1. The van der Waals surface area contributed by atoms with Gasteiger partial charge in [-0.15, -0.1) is 0 Å². The highest BCUT2D eigenvalue weighted by atomic mass is 32.2. The lowest BCUT2D eigenvalue weighted by Gasteiger charge is -2.36. The highest BCUT2D eigenvalue weighted by Crippen LogP contribution is 2.38. The van der Waals surface area contributed by atoms with Gasteiger partial charge in [-0.1, -0.05) is 58.1 Å². The Bertz CT molecular complexity index is 852. The van der Waals surface area contributed by atoms with Crippen LogP contribution in [0.1, 0.15) is 33.3 Å². The minimum atomic E-state index is -4.05. The van der Waals surface area contributed by atoms with Gasteiger partial charge >= 0.3 is 5.97 Å². The van der Waals surface area contributed by atoms with Crippen molar-refractivity contribution in [1.82, 2.24) is 4.72 Å². The van der Waals surface area contributed by atoms with Crippen molar-refractivity contribution in [3.8, 4) is 0 Å². The summed E-state index contributed by atoms with van der Waals surface area (Å²) in [5.41, 5.74) is 0.819. The fraction of sp³-hybridized carbons (Fsp3) is 0.500. The number of hydrogen-bond donors (Lipinski definition) is 1. The van der Waals surface area contributed by atoms with Crippen LogP contribution >= 0.6 is 0 Å². The van der Waals surface area contributed by atoms with Crippen LogP contribution in [0.4, 0.5) is 0 Å². The number of carbonyl (C=O) groups excluding carboxylic acids is 2. The maximum absolute atomic E-state index is 13.1. The van der Waals surface area contributed by atoms with Gasteiger partial charge in [-0.05, 0) is 31.0 Å². The molecule has 0 aromatic heterocycles. The van der Waals surface area contributed by atoms with Gasteiger partial charge in [-0.3, -0.25) is 0 Å². The lowest BCUT2D eigenvalue weighted by atomic mass is 10.1. The molecule has 28 heavy (non-hydrogen) atoms. The number of sulfonamides is 1. The van der Waals surface area contributed by atoms with Gasteiger partial charge in [0.15, 0.2) is 0 Å². The Morgan fingerprint density at radius 2 is 1.68 bits per heavy atom. The summed E-state index contributed by atoms with van der Waals surface area (Å²) in [6.07, 6.45) is 0. The van der Waals surface area contributed by atoms with Crippen molar-refractivity contribution in [3.05, 3.63) is 42.0 Å². The van der Waals surface area contributed by atoms with E-state index >= 15 is 0 Å². The molecule has 0 spiro atoms. The van der Waals surface area contributed by atoms with Crippen LogP contribution in [0.3, 0.4) is 0 Å². The van der Waals surface area contributed by atoms with Crippen LogP contribution in [0.25, 0.3) is 0 Å². The molecule has 0 aliphatic carbocycles. The molecule has 8 heteroatoms. The number of benzene rings is 1. The highest BCUT2D eigenvalue weighted by molar-refractivity contribution is 7.89. The maximum atomic E-state index is 13.1. The molecule has 0 aliphatic heterocycles. The van der Waals surface area contributed by atoms with Crippen LogP contribution in [0.2, 0.25) is 18.1 Å². The van der Waals surface area contributed by atoms with Gasteiger partial charge in [0.25, 0.3) is 0 Å². The predicted octanol–water partition coefficient (Wildman–Crippen LogP) is 3.38. The van der Waals surface area contributed by atoms with E-state index < -0.39 is 30.1 Å². The first-order chi connectivity index (χ1) is 12.6. The van der Waals surface area contributed by atoms with Crippen LogP contribution < -0.4 is 4.72 Å². The SMILES string of the molecule is C=C(C(=O)[Si](C)(C)C(C)(C)C)[C@H](NS(=O)(=O)c1ccc(C)cc1)C(=O)OCC. The topological polar surface area (TPSA) is 89.5 Å². The summed E-state index contributed by atoms with van der Waals surface area (Å²) in [6, 6.07) is 4.73. The van der Waals surface area contributed by atoms with Crippen LogP contribution in [-0.2, 0) is 24.3 Å². The highest BCUT2D eigenvalue weighted by Gasteiger charge is 2.46. The predicted molar refractivity (Wildman–Crippen MR) is 113 cm³/mol. The molecule has 0 fully saturated rings. The van der Waals surface area contributed by atoms with Crippen molar-refractivity contribution in [1.29, 1.82) is 0 Å². The first-order valence-corrected chi connectivity index (χ1v) is 13.6. The molecule has 1 aromatic rings. The molecule has 1 rings (SSSR count). The summed E-state index contributed by atoms with van der Waals surface area (Å²) in [4.78, 5) is 25.6. The van der Waals surface area contributed by atoms with Gasteiger partial charge in [-0.25, -0.2) is 13.2 Å². The molecular weight excluding hydrogens is 394 g/mol. The van der Waals surface area contributed by atoms with E-state index in [2.05, 4.69) is 11.3 Å². The van der Waals surface area contributed by atoms with E-state index in [0.717, 1.165) is 5.56 Å². The van der Waals surface area contributed by atoms with E-state index in [9.17, 15) is 18.0 Å². The lowest BCUT2D eigenvalue weighted by Crippen LogP contribution is -2.52. The zero-order chi connectivity index (χ0) is 21.9. The van der Waals surface area contributed by atoms with E-state index in [-0.39, 0.29) is 27.5 Å². The van der Waals surface area contributed by atoms with Crippen LogP contribution in [0.5, 0.6) is 0 Å². The molecular formula is C20H31NO5SSi. The van der Waals surface area contributed by atoms with E-state index in [4.69, 9.17) is 4.74 Å². The molecule has 0 bridgehead atoms. The second-order valence-corrected chi connectivity index (χ2v) is 15.3. The molecule has 6 nitrogen and oxygen atoms in total. The zero-order valence-electron chi connectivity index (χ0n) is 17.8. The van der Waals surface area contributed by atoms with Gasteiger partial charge in [0.1, 0.15) is 19.5 Å². The van der Waals surface area contributed by atoms with Gasteiger partial charge in [0, 0.05) is 5.57 Å². The van der Waals surface area contributed by atoms with Crippen LogP contribution in [0, 0.1) is 6.92 Å². The number of nitrogens with one attached hydrogen (secondary N) is 1. The lowest BCUT2D eigenvalue weighted by molar-refractivity contribution is -0.144. The minimum Gasteiger partial charge on any atom is -0.465 e. The molecule has 156 valence electrons. The van der Waals surface area contributed by atoms with Gasteiger partial charge < -0.3 is 9.53 Å². The summed E-state index contributed by atoms with van der Waals surface area (Å²) in [6.45, 7) is 16.9. The van der Waals surface area contributed by atoms with Crippen molar-refractivity contribution >= 4 is 29.5 Å². The molecule has 1 aromatic carbocycles. The average Bonchev–Trinajstić information content (AvgIpc) is 2.58. The average molecular weight is 426 g/mol. The summed E-state index contributed by atoms with van der Waals surface area (Å²) >= 11 is 0. The Labute approximate surface area is 169 Å². The summed E-state index contributed by atoms with van der Waals surface area (Å²) in [7, 11) is -6.59. The molecule has 1 atom stereocenters. The summed E-state index contributed by atoms with van der Waals surface area (Å²) in [5, 5.41) is -0.549. The number of aryl methyl sites for hydroxylation is 1.